The third-order valence-electron chi connectivity index (χ3n) is 3.08. The van der Waals surface area contributed by atoms with E-state index in [1.165, 1.54) is 15.8 Å². The first-order valence-corrected chi connectivity index (χ1v) is 7.12. The van der Waals surface area contributed by atoms with E-state index in [1.807, 2.05) is 0 Å². The van der Waals surface area contributed by atoms with Gasteiger partial charge in [-0.05, 0) is 11.8 Å². The summed E-state index contributed by atoms with van der Waals surface area (Å²) >= 11 is 5.77. The molecule has 0 aliphatic carbocycles. The molecule has 0 saturated carbocycles. The number of carbonyl (C=O) groups is 2. The van der Waals surface area contributed by atoms with Crippen LogP contribution < -0.4 is 5.32 Å². The van der Waals surface area contributed by atoms with E-state index in [2.05, 4.69) is 20.6 Å². The van der Waals surface area contributed by atoms with Crippen LogP contribution >= 0.6 is 11.6 Å². The Bertz CT molecular complexity index is 810. The van der Waals surface area contributed by atoms with Crippen LogP contribution in [0.3, 0.4) is 0 Å². The second-order valence-corrected chi connectivity index (χ2v) is 5.25. The molecule has 11 nitrogen and oxygen atoms in total. The van der Waals surface area contributed by atoms with Gasteiger partial charge < -0.3 is 20.3 Å². The summed E-state index contributed by atoms with van der Waals surface area (Å²) in [6, 6.07) is 0. The van der Waals surface area contributed by atoms with Gasteiger partial charge in [0.15, 0.2) is 10.7 Å². The SMILES string of the molecule is CCn1ncc(NC(=O)c2n[nH]c([N+](=O)[O-])c2Cl)c1C(=O)N(C)C. The number of aromatic nitrogens is 4. The van der Waals surface area contributed by atoms with E-state index in [1.54, 1.807) is 21.0 Å². The molecule has 2 aromatic heterocycles. The highest BCUT2D eigenvalue weighted by Gasteiger charge is 2.27. The summed E-state index contributed by atoms with van der Waals surface area (Å²) in [5.41, 5.74) is -0.0184. The first-order chi connectivity index (χ1) is 11.3. The van der Waals surface area contributed by atoms with Crippen molar-refractivity contribution in [3.8, 4) is 0 Å². The quantitative estimate of drug-likeness (QED) is 0.609. The van der Waals surface area contributed by atoms with E-state index >= 15 is 0 Å². The Morgan fingerprint density at radius 2 is 2.17 bits per heavy atom. The monoisotopic (exact) mass is 355 g/mol. The predicted octanol–water partition coefficient (Wildman–Crippen LogP) is 1.14. The number of carbonyl (C=O) groups excluding carboxylic acids is 2. The number of aromatic amines is 1. The van der Waals surface area contributed by atoms with Crippen molar-refractivity contribution in [3.05, 3.63) is 32.7 Å². The fraction of sp³-hybridized carbons (Fsp3) is 0.333. The van der Waals surface area contributed by atoms with Crippen LogP contribution in [0.2, 0.25) is 5.02 Å². The molecule has 2 heterocycles. The maximum atomic E-state index is 12.3. The predicted molar refractivity (Wildman–Crippen MR) is 84.1 cm³/mol. The first kappa shape index (κ1) is 17.4. The molecule has 2 N–H and O–H groups in total. The van der Waals surface area contributed by atoms with Gasteiger partial charge in [0.1, 0.15) is 5.69 Å². The highest BCUT2D eigenvalue weighted by atomic mass is 35.5. The molecule has 0 saturated heterocycles. The van der Waals surface area contributed by atoms with Crippen molar-refractivity contribution >= 4 is 34.9 Å². The molecule has 0 unspecified atom stereocenters. The van der Waals surface area contributed by atoms with Gasteiger partial charge >= 0.3 is 5.82 Å². The lowest BCUT2D eigenvalue weighted by molar-refractivity contribution is -0.389. The fourth-order valence-electron chi connectivity index (χ4n) is 1.93. The van der Waals surface area contributed by atoms with E-state index in [9.17, 15) is 19.7 Å². The Morgan fingerprint density at radius 3 is 2.67 bits per heavy atom. The Kier molecular flexibility index (Phi) is 4.83. The van der Waals surface area contributed by atoms with E-state index in [0.717, 1.165) is 0 Å². The number of anilines is 1. The van der Waals surface area contributed by atoms with Crippen molar-refractivity contribution < 1.29 is 14.5 Å². The number of nitro groups is 1. The molecule has 128 valence electrons. The van der Waals surface area contributed by atoms with Crippen LogP contribution in [0.15, 0.2) is 6.20 Å². The standard InChI is InChI=1S/C12H14ClN7O4/c1-4-19-9(12(22)18(2)3)6(5-14-19)15-11(21)8-7(13)10(17-16-8)20(23)24/h5H,4H2,1-3H3,(H,15,21)(H,16,17). The van der Waals surface area contributed by atoms with Crippen LogP contribution in [0.4, 0.5) is 11.5 Å². The van der Waals surface area contributed by atoms with E-state index < -0.39 is 21.7 Å². The minimum atomic E-state index is -0.798. The Hall–Kier alpha value is -2.95. The molecule has 0 atom stereocenters. The minimum Gasteiger partial charge on any atom is -0.358 e. The first-order valence-electron chi connectivity index (χ1n) is 6.75. The smallest absolute Gasteiger partial charge is 0.358 e. The second-order valence-electron chi connectivity index (χ2n) is 4.87. The van der Waals surface area contributed by atoms with Gasteiger partial charge in [-0.25, -0.2) is 0 Å². The molecule has 0 aromatic carbocycles. The lowest BCUT2D eigenvalue weighted by Gasteiger charge is -2.13. The second kappa shape index (κ2) is 6.66. The zero-order chi connectivity index (χ0) is 18.0. The highest BCUT2D eigenvalue weighted by molar-refractivity contribution is 6.36. The van der Waals surface area contributed by atoms with Crippen molar-refractivity contribution in [1.82, 2.24) is 24.9 Å². The topological polar surface area (TPSA) is 139 Å². The molecule has 0 aliphatic heterocycles. The molecule has 2 aromatic rings. The molecular formula is C12H14ClN7O4. The molecule has 0 fully saturated rings. The summed E-state index contributed by atoms with van der Waals surface area (Å²) < 4.78 is 1.42. The summed E-state index contributed by atoms with van der Waals surface area (Å²) in [7, 11) is 3.13. The summed E-state index contributed by atoms with van der Waals surface area (Å²) in [5, 5.41) is 22.4. The largest absolute Gasteiger partial charge is 0.362 e. The highest BCUT2D eigenvalue weighted by Crippen LogP contribution is 2.26. The van der Waals surface area contributed by atoms with Crippen molar-refractivity contribution in [3.63, 3.8) is 0 Å². The normalized spacial score (nSPS) is 10.5. The molecule has 0 spiro atoms. The summed E-state index contributed by atoms with van der Waals surface area (Å²) in [6.07, 6.45) is 1.31. The third kappa shape index (κ3) is 3.06. The van der Waals surface area contributed by atoms with Gasteiger partial charge in [0.25, 0.3) is 11.8 Å². The zero-order valence-corrected chi connectivity index (χ0v) is 13.8. The lowest BCUT2D eigenvalue weighted by atomic mass is 10.3. The number of nitrogens with zero attached hydrogens (tertiary/aromatic N) is 5. The van der Waals surface area contributed by atoms with Crippen molar-refractivity contribution in [2.24, 2.45) is 0 Å². The zero-order valence-electron chi connectivity index (χ0n) is 13.0. The van der Waals surface area contributed by atoms with Crippen LogP contribution in [-0.2, 0) is 6.54 Å². The molecule has 0 bridgehead atoms. The summed E-state index contributed by atoms with van der Waals surface area (Å²) in [4.78, 5) is 35.8. The average Bonchev–Trinajstić information content (AvgIpc) is 3.09. The summed E-state index contributed by atoms with van der Waals surface area (Å²) in [5.74, 6) is -1.74. The number of nitrogens with one attached hydrogen (secondary N) is 2. The number of amides is 2. The molecule has 2 rings (SSSR count). The van der Waals surface area contributed by atoms with Crippen LogP contribution in [0.5, 0.6) is 0 Å². The molecular weight excluding hydrogens is 342 g/mol. The average molecular weight is 356 g/mol. The number of rotatable bonds is 5. The van der Waals surface area contributed by atoms with Gasteiger partial charge in [-0.1, -0.05) is 16.7 Å². The van der Waals surface area contributed by atoms with E-state index in [0.29, 0.717) is 6.54 Å². The van der Waals surface area contributed by atoms with Crippen LogP contribution in [0.1, 0.15) is 27.9 Å². The molecule has 24 heavy (non-hydrogen) atoms. The van der Waals surface area contributed by atoms with Gasteiger partial charge in [0.05, 0.1) is 11.9 Å². The van der Waals surface area contributed by atoms with Crippen LogP contribution in [0.25, 0.3) is 0 Å². The van der Waals surface area contributed by atoms with E-state index in [-0.39, 0.29) is 23.0 Å². The number of aryl methyl sites for hydroxylation is 1. The van der Waals surface area contributed by atoms with Crippen LogP contribution in [0, 0.1) is 10.1 Å². The van der Waals surface area contributed by atoms with Gasteiger partial charge in [-0.2, -0.15) is 5.10 Å². The molecule has 2 amide bonds. The van der Waals surface area contributed by atoms with Crippen molar-refractivity contribution in [1.29, 1.82) is 0 Å². The van der Waals surface area contributed by atoms with Crippen LogP contribution in [-0.4, -0.2) is 55.7 Å². The maximum Gasteiger partial charge on any atom is 0.362 e. The molecule has 12 heteroatoms. The lowest BCUT2D eigenvalue weighted by Crippen LogP contribution is -2.26. The fourth-order valence-corrected chi connectivity index (χ4v) is 2.17. The maximum absolute atomic E-state index is 12.3. The number of halogens is 1. The van der Waals surface area contributed by atoms with Gasteiger partial charge in [-0.3, -0.25) is 14.3 Å². The molecule has 0 aliphatic rings. The van der Waals surface area contributed by atoms with E-state index in [4.69, 9.17) is 11.6 Å². The van der Waals surface area contributed by atoms with Crippen molar-refractivity contribution in [2.75, 3.05) is 19.4 Å². The Balaban J connectivity index is 2.35. The minimum absolute atomic E-state index is 0.155. The Labute approximate surface area is 140 Å². The van der Waals surface area contributed by atoms with Gasteiger partial charge in [-0.15, -0.1) is 5.10 Å². The van der Waals surface area contributed by atoms with Gasteiger partial charge in [0, 0.05) is 20.6 Å². The Morgan fingerprint density at radius 1 is 1.50 bits per heavy atom. The number of hydrogen-bond acceptors (Lipinski definition) is 6. The summed E-state index contributed by atoms with van der Waals surface area (Å²) in [6.45, 7) is 2.21. The number of hydrogen-bond donors (Lipinski definition) is 2. The number of H-pyrrole nitrogens is 1. The third-order valence-corrected chi connectivity index (χ3v) is 3.44. The van der Waals surface area contributed by atoms with Crippen molar-refractivity contribution in [2.45, 2.75) is 13.5 Å². The molecule has 0 radical (unpaired) electrons. The van der Waals surface area contributed by atoms with Gasteiger partial charge in [0.2, 0.25) is 0 Å².